The van der Waals surface area contributed by atoms with Crippen molar-refractivity contribution in [2.45, 2.75) is 18.9 Å². The third-order valence-electron chi connectivity index (χ3n) is 4.16. The summed E-state index contributed by atoms with van der Waals surface area (Å²) in [4.78, 5) is 32.3. The van der Waals surface area contributed by atoms with Gasteiger partial charge in [-0.1, -0.05) is 6.07 Å². The lowest BCUT2D eigenvalue weighted by molar-refractivity contribution is 0.0466. The maximum atomic E-state index is 12.4. The van der Waals surface area contributed by atoms with Gasteiger partial charge in [0.25, 0.3) is 5.91 Å². The van der Waals surface area contributed by atoms with Gasteiger partial charge >= 0.3 is 5.97 Å². The SMILES string of the molecule is O=C(O)c1[nH]cnc1C(=O)N1CCC([C@@H](O)c2cccs2)CC1. The Bertz CT molecular complexity index is 689. The molecule has 3 N–H and O–H groups in total. The minimum Gasteiger partial charge on any atom is -0.477 e. The zero-order chi connectivity index (χ0) is 16.4. The molecule has 1 aliphatic heterocycles. The van der Waals surface area contributed by atoms with Crippen LogP contribution in [-0.4, -0.2) is 50.0 Å². The van der Waals surface area contributed by atoms with E-state index in [2.05, 4.69) is 9.97 Å². The number of nitrogens with one attached hydrogen (secondary N) is 1. The second kappa shape index (κ2) is 6.51. The van der Waals surface area contributed by atoms with Crippen molar-refractivity contribution < 1.29 is 19.8 Å². The molecule has 2 aromatic rings. The first kappa shape index (κ1) is 15.7. The van der Waals surface area contributed by atoms with Crippen LogP contribution in [0.3, 0.4) is 0 Å². The fraction of sp³-hybridized carbons (Fsp3) is 0.400. The summed E-state index contributed by atoms with van der Waals surface area (Å²) in [5.41, 5.74) is -0.245. The third kappa shape index (κ3) is 3.13. The summed E-state index contributed by atoms with van der Waals surface area (Å²) < 4.78 is 0. The molecule has 0 aliphatic carbocycles. The van der Waals surface area contributed by atoms with Gasteiger partial charge in [0, 0.05) is 18.0 Å². The number of piperidine rings is 1. The summed E-state index contributed by atoms with van der Waals surface area (Å²) in [6.07, 6.45) is 2.06. The monoisotopic (exact) mass is 335 g/mol. The molecule has 0 saturated carbocycles. The molecule has 1 fully saturated rings. The lowest BCUT2D eigenvalue weighted by Crippen LogP contribution is -2.40. The molecular formula is C15H17N3O4S. The Labute approximate surface area is 136 Å². The summed E-state index contributed by atoms with van der Waals surface area (Å²) in [5.74, 6) is -1.47. The van der Waals surface area contributed by atoms with Crippen LogP contribution in [0.2, 0.25) is 0 Å². The number of aliphatic hydroxyl groups is 1. The molecule has 1 atom stereocenters. The minimum atomic E-state index is -1.20. The smallest absolute Gasteiger partial charge is 0.354 e. The molecular weight excluding hydrogens is 318 g/mol. The number of hydrogen-bond acceptors (Lipinski definition) is 5. The van der Waals surface area contributed by atoms with Crippen molar-refractivity contribution in [3.63, 3.8) is 0 Å². The summed E-state index contributed by atoms with van der Waals surface area (Å²) in [6, 6.07) is 3.82. The highest BCUT2D eigenvalue weighted by Gasteiger charge is 2.31. The van der Waals surface area contributed by atoms with E-state index in [4.69, 9.17) is 5.11 Å². The average molecular weight is 335 g/mol. The molecule has 0 radical (unpaired) electrons. The van der Waals surface area contributed by atoms with Crippen LogP contribution in [0.4, 0.5) is 0 Å². The fourth-order valence-corrected chi connectivity index (χ4v) is 3.68. The van der Waals surface area contributed by atoms with E-state index in [1.807, 2.05) is 17.5 Å². The molecule has 1 amide bonds. The fourth-order valence-electron chi connectivity index (χ4n) is 2.88. The van der Waals surface area contributed by atoms with Gasteiger partial charge in [-0.05, 0) is 30.2 Å². The molecule has 1 aliphatic rings. The number of rotatable bonds is 4. The Morgan fingerprint density at radius 3 is 2.74 bits per heavy atom. The Hall–Kier alpha value is -2.19. The number of carboxylic acids is 1. The topological polar surface area (TPSA) is 107 Å². The first-order chi connectivity index (χ1) is 11.1. The molecule has 23 heavy (non-hydrogen) atoms. The largest absolute Gasteiger partial charge is 0.477 e. The van der Waals surface area contributed by atoms with Crippen molar-refractivity contribution in [3.05, 3.63) is 40.1 Å². The van der Waals surface area contributed by atoms with Crippen LogP contribution < -0.4 is 0 Å². The van der Waals surface area contributed by atoms with Crippen LogP contribution in [0.25, 0.3) is 0 Å². The number of imidazole rings is 1. The Morgan fingerprint density at radius 2 is 2.13 bits per heavy atom. The summed E-state index contributed by atoms with van der Waals surface area (Å²) in [6.45, 7) is 0.968. The van der Waals surface area contributed by atoms with Crippen LogP contribution >= 0.6 is 11.3 Å². The van der Waals surface area contributed by atoms with Gasteiger partial charge in [0.15, 0.2) is 11.4 Å². The lowest BCUT2D eigenvalue weighted by Gasteiger charge is -2.33. The number of aliphatic hydroxyl groups excluding tert-OH is 1. The van der Waals surface area contributed by atoms with E-state index in [1.165, 1.54) is 17.7 Å². The highest BCUT2D eigenvalue weighted by Crippen LogP contribution is 2.33. The lowest BCUT2D eigenvalue weighted by atomic mass is 9.90. The number of hydrogen-bond donors (Lipinski definition) is 3. The van der Waals surface area contributed by atoms with Gasteiger partial charge in [0.05, 0.1) is 12.4 Å². The predicted molar refractivity (Wildman–Crippen MR) is 83.5 cm³/mol. The standard InChI is InChI=1S/C15H17N3O4S/c19-13(10-2-1-7-23-10)9-3-5-18(6-4-9)14(20)11-12(15(21)22)17-8-16-11/h1-2,7-9,13,19H,3-6H2,(H,16,17)(H,21,22)/t13-/m1/s1. The van der Waals surface area contributed by atoms with E-state index in [0.29, 0.717) is 25.9 Å². The predicted octanol–water partition coefficient (Wildman–Crippen LogP) is 1.76. The van der Waals surface area contributed by atoms with Crippen molar-refractivity contribution in [3.8, 4) is 0 Å². The van der Waals surface area contributed by atoms with E-state index < -0.39 is 12.1 Å². The summed E-state index contributed by atoms with van der Waals surface area (Å²) >= 11 is 1.53. The molecule has 3 rings (SSSR count). The highest BCUT2D eigenvalue weighted by molar-refractivity contribution is 7.10. The highest BCUT2D eigenvalue weighted by atomic mass is 32.1. The minimum absolute atomic E-state index is 0.0604. The van der Waals surface area contributed by atoms with Crippen LogP contribution in [0.5, 0.6) is 0 Å². The Morgan fingerprint density at radius 1 is 1.39 bits per heavy atom. The number of aromatic amines is 1. The Kier molecular flexibility index (Phi) is 4.44. The van der Waals surface area contributed by atoms with E-state index in [1.54, 1.807) is 4.90 Å². The summed E-state index contributed by atoms with van der Waals surface area (Å²) in [5, 5.41) is 21.4. The maximum Gasteiger partial charge on any atom is 0.354 e. The van der Waals surface area contributed by atoms with Crippen LogP contribution in [-0.2, 0) is 0 Å². The van der Waals surface area contributed by atoms with E-state index >= 15 is 0 Å². The number of thiophene rings is 1. The zero-order valence-corrected chi connectivity index (χ0v) is 13.1. The molecule has 0 bridgehead atoms. The molecule has 2 aromatic heterocycles. The third-order valence-corrected chi connectivity index (χ3v) is 5.11. The number of carbonyl (C=O) groups is 2. The Balaban J connectivity index is 1.63. The van der Waals surface area contributed by atoms with E-state index in [9.17, 15) is 14.7 Å². The van der Waals surface area contributed by atoms with Gasteiger partial charge in [0.1, 0.15) is 0 Å². The summed E-state index contributed by atoms with van der Waals surface area (Å²) in [7, 11) is 0. The number of amides is 1. The number of H-pyrrole nitrogens is 1. The average Bonchev–Trinajstić information content (AvgIpc) is 3.24. The molecule has 0 unspecified atom stereocenters. The normalized spacial score (nSPS) is 17.2. The first-order valence-electron chi connectivity index (χ1n) is 7.35. The van der Waals surface area contributed by atoms with Crippen molar-refractivity contribution in [2.24, 2.45) is 5.92 Å². The number of carboxylic acid groups (broad SMARTS) is 1. The number of carbonyl (C=O) groups excluding carboxylic acids is 1. The number of aromatic carboxylic acids is 1. The molecule has 122 valence electrons. The second-order valence-corrected chi connectivity index (χ2v) is 6.50. The number of likely N-dealkylation sites (tertiary alicyclic amines) is 1. The van der Waals surface area contributed by atoms with Gasteiger partial charge in [-0.2, -0.15) is 0 Å². The van der Waals surface area contributed by atoms with Gasteiger partial charge in [-0.3, -0.25) is 4.79 Å². The second-order valence-electron chi connectivity index (χ2n) is 5.52. The van der Waals surface area contributed by atoms with Gasteiger partial charge in [0.2, 0.25) is 0 Å². The molecule has 0 spiro atoms. The van der Waals surface area contributed by atoms with Gasteiger partial charge in [-0.15, -0.1) is 11.3 Å². The molecule has 8 heteroatoms. The van der Waals surface area contributed by atoms with Gasteiger partial charge in [-0.25, -0.2) is 9.78 Å². The van der Waals surface area contributed by atoms with E-state index in [0.717, 1.165) is 4.88 Å². The van der Waals surface area contributed by atoms with Crippen LogP contribution in [0.15, 0.2) is 23.8 Å². The molecule has 7 nitrogen and oxygen atoms in total. The first-order valence-corrected chi connectivity index (χ1v) is 8.23. The van der Waals surface area contributed by atoms with Crippen molar-refractivity contribution in [1.29, 1.82) is 0 Å². The zero-order valence-electron chi connectivity index (χ0n) is 12.3. The van der Waals surface area contributed by atoms with Gasteiger partial charge < -0.3 is 20.1 Å². The van der Waals surface area contributed by atoms with Crippen molar-refractivity contribution in [1.82, 2.24) is 14.9 Å². The number of nitrogens with zero attached hydrogens (tertiary/aromatic N) is 2. The van der Waals surface area contributed by atoms with Crippen LogP contribution in [0, 0.1) is 5.92 Å². The molecule has 0 aromatic carbocycles. The van der Waals surface area contributed by atoms with E-state index in [-0.39, 0.29) is 23.2 Å². The van der Waals surface area contributed by atoms with Crippen LogP contribution in [0.1, 0.15) is 44.8 Å². The van der Waals surface area contributed by atoms with Crippen molar-refractivity contribution in [2.75, 3.05) is 13.1 Å². The van der Waals surface area contributed by atoms with Crippen molar-refractivity contribution >= 4 is 23.2 Å². The molecule has 3 heterocycles. The molecule has 1 saturated heterocycles. The number of aromatic nitrogens is 2. The quantitative estimate of drug-likeness (QED) is 0.789. The maximum absolute atomic E-state index is 12.4.